The van der Waals surface area contributed by atoms with Crippen LogP contribution in [0.1, 0.15) is 30.9 Å². The van der Waals surface area contributed by atoms with Gasteiger partial charge in [-0.05, 0) is 31.6 Å². The van der Waals surface area contributed by atoms with Crippen LogP contribution < -0.4 is 5.32 Å². The second-order valence-corrected chi connectivity index (χ2v) is 6.58. The summed E-state index contributed by atoms with van der Waals surface area (Å²) < 4.78 is 14.1. The van der Waals surface area contributed by atoms with Gasteiger partial charge in [-0.2, -0.15) is 17.0 Å². The summed E-state index contributed by atoms with van der Waals surface area (Å²) in [6, 6.07) is 6.83. The van der Waals surface area contributed by atoms with Crippen molar-refractivity contribution < 1.29 is 4.39 Å². The van der Waals surface area contributed by atoms with Gasteiger partial charge in [0.25, 0.3) is 0 Å². The maximum Gasteiger partial charge on any atom is 0.145 e. The van der Waals surface area contributed by atoms with Crippen LogP contribution in [0.25, 0.3) is 0 Å². The molecule has 1 unspecified atom stereocenters. The van der Waals surface area contributed by atoms with E-state index in [2.05, 4.69) is 12.2 Å². The van der Waals surface area contributed by atoms with E-state index in [0.29, 0.717) is 12.1 Å². The van der Waals surface area contributed by atoms with Crippen molar-refractivity contribution in [3.8, 4) is 6.07 Å². The van der Waals surface area contributed by atoms with E-state index in [1.54, 1.807) is 12.1 Å². The van der Waals surface area contributed by atoms with Crippen molar-refractivity contribution in [1.82, 2.24) is 5.32 Å². The van der Waals surface area contributed by atoms with Gasteiger partial charge in [0.15, 0.2) is 0 Å². The molecule has 4 heteroatoms. The highest BCUT2D eigenvalue weighted by Gasteiger charge is 2.28. The van der Waals surface area contributed by atoms with Crippen LogP contribution >= 0.6 is 11.8 Å². The molecule has 1 N–H and O–H groups in total. The third-order valence-corrected chi connectivity index (χ3v) is 4.85. The van der Waals surface area contributed by atoms with Crippen molar-refractivity contribution >= 4 is 11.8 Å². The normalized spacial score (nSPS) is 22.9. The Morgan fingerprint density at radius 2 is 2.39 bits per heavy atom. The van der Waals surface area contributed by atoms with E-state index in [1.807, 2.05) is 17.8 Å². The zero-order valence-electron chi connectivity index (χ0n) is 10.5. The topological polar surface area (TPSA) is 35.8 Å². The van der Waals surface area contributed by atoms with Crippen molar-refractivity contribution in [2.24, 2.45) is 0 Å². The molecule has 1 fully saturated rings. The minimum absolute atomic E-state index is 0.121. The molecule has 1 aromatic carbocycles. The van der Waals surface area contributed by atoms with Crippen LogP contribution in [-0.2, 0) is 6.54 Å². The van der Waals surface area contributed by atoms with Crippen LogP contribution in [0, 0.1) is 17.1 Å². The molecule has 1 aliphatic rings. The first-order valence-corrected chi connectivity index (χ1v) is 7.15. The standard InChI is InChI=1S/C14H17FN2S/c1-14(6-3-7-18-14)10-17-9-12-5-2-4-11(8-16)13(12)15/h2,4-5,17H,3,6-7,9-10H2,1H3. The smallest absolute Gasteiger partial charge is 0.145 e. The lowest BCUT2D eigenvalue weighted by atomic mass is 10.1. The van der Waals surface area contributed by atoms with Crippen LogP contribution in [0.15, 0.2) is 18.2 Å². The van der Waals surface area contributed by atoms with Crippen LogP contribution in [-0.4, -0.2) is 17.0 Å². The molecule has 1 heterocycles. The fraction of sp³-hybridized carbons (Fsp3) is 0.500. The number of thioether (sulfide) groups is 1. The molecule has 0 saturated carbocycles. The van der Waals surface area contributed by atoms with Crippen molar-refractivity contribution in [2.45, 2.75) is 31.1 Å². The van der Waals surface area contributed by atoms with Gasteiger partial charge in [-0.25, -0.2) is 4.39 Å². The SMILES string of the molecule is CC1(CNCc2cccc(C#N)c2F)CCCS1. The van der Waals surface area contributed by atoms with E-state index < -0.39 is 5.82 Å². The number of nitrogens with zero attached hydrogens (tertiary/aromatic N) is 1. The highest BCUT2D eigenvalue weighted by molar-refractivity contribution is 8.00. The van der Waals surface area contributed by atoms with E-state index in [0.717, 1.165) is 6.54 Å². The molecule has 0 aliphatic carbocycles. The third kappa shape index (κ3) is 3.04. The zero-order chi connectivity index (χ0) is 13.0. The summed E-state index contributed by atoms with van der Waals surface area (Å²) in [5.41, 5.74) is 0.691. The largest absolute Gasteiger partial charge is 0.311 e. The predicted octanol–water partition coefficient (Wildman–Crippen LogP) is 3.07. The van der Waals surface area contributed by atoms with Crippen molar-refractivity contribution in [3.63, 3.8) is 0 Å². The Morgan fingerprint density at radius 1 is 1.56 bits per heavy atom. The Balaban J connectivity index is 1.93. The Morgan fingerprint density at radius 3 is 3.06 bits per heavy atom. The van der Waals surface area contributed by atoms with E-state index >= 15 is 0 Å². The summed E-state index contributed by atoms with van der Waals surface area (Å²) in [5, 5.41) is 12.1. The van der Waals surface area contributed by atoms with Gasteiger partial charge in [-0.3, -0.25) is 0 Å². The predicted molar refractivity (Wildman–Crippen MR) is 72.9 cm³/mol. The van der Waals surface area contributed by atoms with Gasteiger partial charge in [-0.1, -0.05) is 12.1 Å². The lowest BCUT2D eigenvalue weighted by Gasteiger charge is -2.23. The van der Waals surface area contributed by atoms with Crippen LogP contribution in [0.4, 0.5) is 4.39 Å². The fourth-order valence-electron chi connectivity index (χ4n) is 2.24. The Labute approximate surface area is 112 Å². The molecule has 0 amide bonds. The van der Waals surface area contributed by atoms with Gasteiger partial charge in [0.05, 0.1) is 5.56 Å². The number of hydrogen-bond acceptors (Lipinski definition) is 3. The van der Waals surface area contributed by atoms with Crippen molar-refractivity contribution in [1.29, 1.82) is 5.26 Å². The van der Waals surface area contributed by atoms with Crippen LogP contribution in [0.3, 0.4) is 0 Å². The van der Waals surface area contributed by atoms with E-state index in [9.17, 15) is 4.39 Å². The minimum atomic E-state index is -0.392. The van der Waals surface area contributed by atoms with Gasteiger partial charge in [0.2, 0.25) is 0 Å². The van der Waals surface area contributed by atoms with Gasteiger partial charge < -0.3 is 5.32 Å². The van der Waals surface area contributed by atoms with E-state index in [4.69, 9.17) is 5.26 Å². The Hall–Kier alpha value is -1.05. The average molecular weight is 264 g/mol. The first-order valence-electron chi connectivity index (χ1n) is 6.17. The highest BCUT2D eigenvalue weighted by atomic mass is 32.2. The number of hydrogen-bond donors (Lipinski definition) is 1. The quantitative estimate of drug-likeness (QED) is 0.908. The monoisotopic (exact) mass is 264 g/mol. The lowest BCUT2D eigenvalue weighted by Crippen LogP contribution is -2.32. The van der Waals surface area contributed by atoms with Crippen LogP contribution in [0.2, 0.25) is 0 Å². The summed E-state index contributed by atoms with van der Waals surface area (Å²) in [7, 11) is 0. The number of halogens is 1. The maximum absolute atomic E-state index is 13.8. The molecule has 1 atom stereocenters. The van der Waals surface area contributed by atoms with Crippen molar-refractivity contribution in [2.75, 3.05) is 12.3 Å². The molecule has 0 bridgehead atoms. The summed E-state index contributed by atoms with van der Waals surface area (Å²) >= 11 is 1.98. The molecule has 0 spiro atoms. The Bertz CT molecular complexity index is 461. The van der Waals surface area contributed by atoms with Gasteiger partial charge in [0.1, 0.15) is 11.9 Å². The maximum atomic E-state index is 13.8. The fourth-order valence-corrected chi connectivity index (χ4v) is 3.51. The highest BCUT2D eigenvalue weighted by Crippen LogP contribution is 2.36. The first kappa shape index (κ1) is 13.4. The number of nitriles is 1. The van der Waals surface area contributed by atoms with E-state index in [1.165, 1.54) is 24.7 Å². The molecule has 2 nitrogen and oxygen atoms in total. The first-order chi connectivity index (χ1) is 8.64. The van der Waals surface area contributed by atoms with Gasteiger partial charge >= 0.3 is 0 Å². The molecule has 1 saturated heterocycles. The van der Waals surface area contributed by atoms with Crippen LogP contribution in [0.5, 0.6) is 0 Å². The number of benzene rings is 1. The Kier molecular flexibility index (Phi) is 4.26. The van der Waals surface area contributed by atoms with Gasteiger partial charge in [0, 0.05) is 23.4 Å². The summed E-state index contributed by atoms with van der Waals surface area (Å²) in [5.74, 6) is 0.827. The second kappa shape index (κ2) is 5.73. The minimum Gasteiger partial charge on any atom is -0.311 e. The lowest BCUT2D eigenvalue weighted by molar-refractivity contribution is 0.524. The molecule has 2 rings (SSSR count). The molecule has 1 aromatic rings. The molecule has 0 aromatic heterocycles. The average Bonchev–Trinajstić information content (AvgIpc) is 2.79. The molecular formula is C14H17FN2S. The van der Waals surface area contributed by atoms with Crippen molar-refractivity contribution in [3.05, 3.63) is 35.1 Å². The zero-order valence-corrected chi connectivity index (χ0v) is 11.3. The molecule has 96 valence electrons. The molecular weight excluding hydrogens is 247 g/mol. The number of nitrogens with one attached hydrogen (secondary N) is 1. The summed E-state index contributed by atoms with van der Waals surface area (Å²) in [6.45, 7) is 3.62. The third-order valence-electron chi connectivity index (χ3n) is 3.31. The molecule has 18 heavy (non-hydrogen) atoms. The van der Waals surface area contributed by atoms with Gasteiger partial charge in [-0.15, -0.1) is 0 Å². The molecule has 1 aliphatic heterocycles. The van der Waals surface area contributed by atoms with E-state index in [-0.39, 0.29) is 10.3 Å². The number of rotatable bonds is 4. The second-order valence-electron chi connectivity index (χ2n) is 4.90. The molecule has 0 radical (unpaired) electrons. The summed E-state index contributed by atoms with van der Waals surface area (Å²) in [4.78, 5) is 0. The summed E-state index contributed by atoms with van der Waals surface area (Å²) in [6.07, 6.45) is 2.48.